The molecule has 1 aromatic carbocycles. The summed E-state index contributed by atoms with van der Waals surface area (Å²) in [5, 5.41) is 3.35. The topological polar surface area (TPSA) is 15.3 Å². The monoisotopic (exact) mass is 244 g/mol. The van der Waals surface area contributed by atoms with Crippen LogP contribution in [0.3, 0.4) is 0 Å². The molecule has 0 spiro atoms. The Bertz CT molecular complexity index is 409. The summed E-state index contributed by atoms with van der Waals surface area (Å²) in [6.07, 6.45) is 4.10. The van der Waals surface area contributed by atoms with Crippen molar-refractivity contribution in [1.29, 1.82) is 0 Å². The Balaban J connectivity index is 1.84. The van der Waals surface area contributed by atoms with Crippen LogP contribution < -0.4 is 5.32 Å². The molecule has 2 fully saturated rings. The molecule has 18 heavy (non-hydrogen) atoms. The van der Waals surface area contributed by atoms with Crippen molar-refractivity contribution in [1.82, 2.24) is 10.2 Å². The van der Waals surface area contributed by atoms with E-state index in [0.29, 0.717) is 6.04 Å². The zero-order valence-electron chi connectivity index (χ0n) is 11.5. The number of hydrogen-bond donors (Lipinski definition) is 1. The molecule has 1 N–H and O–H groups in total. The van der Waals surface area contributed by atoms with E-state index in [-0.39, 0.29) is 0 Å². The van der Waals surface area contributed by atoms with Crippen LogP contribution in [0.5, 0.6) is 0 Å². The molecule has 98 valence electrons. The molecule has 0 bridgehead atoms. The summed E-state index contributed by atoms with van der Waals surface area (Å²) in [6.45, 7) is 2.35. The molecule has 2 atom stereocenters. The molecule has 2 aliphatic rings. The summed E-state index contributed by atoms with van der Waals surface area (Å²) in [7, 11) is 4.33. The maximum absolute atomic E-state index is 3.35. The Morgan fingerprint density at radius 2 is 2.00 bits per heavy atom. The number of nitrogens with zero attached hydrogens (tertiary/aromatic N) is 1. The normalized spacial score (nSPS) is 28.8. The third-order valence-corrected chi connectivity index (χ3v) is 4.54. The highest BCUT2D eigenvalue weighted by atomic mass is 15.2. The van der Waals surface area contributed by atoms with Crippen molar-refractivity contribution in [2.24, 2.45) is 5.92 Å². The van der Waals surface area contributed by atoms with Gasteiger partial charge in [-0.15, -0.1) is 0 Å². The summed E-state index contributed by atoms with van der Waals surface area (Å²) in [5.74, 6) is 1.62. The molecule has 0 amide bonds. The first-order chi connectivity index (χ1) is 8.79. The lowest BCUT2D eigenvalue weighted by Gasteiger charge is -2.26. The van der Waals surface area contributed by atoms with Crippen LogP contribution in [0.25, 0.3) is 0 Å². The summed E-state index contributed by atoms with van der Waals surface area (Å²) in [4.78, 5) is 2.52. The van der Waals surface area contributed by atoms with Gasteiger partial charge in [0.1, 0.15) is 0 Å². The highest BCUT2D eigenvalue weighted by Gasteiger charge is 2.33. The average Bonchev–Trinajstić information content (AvgIpc) is 3.16. The predicted octanol–water partition coefficient (Wildman–Crippen LogP) is 2.78. The van der Waals surface area contributed by atoms with E-state index >= 15 is 0 Å². The van der Waals surface area contributed by atoms with Crippen molar-refractivity contribution in [3.05, 3.63) is 35.4 Å². The molecule has 1 heterocycles. The highest BCUT2D eigenvalue weighted by molar-refractivity contribution is 5.31. The summed E-state index contributed by atoms with van der Waals surface area (Å²) < 4.78 is 0. The smallest absolute Gasteiger partial charge is 0.0385 e. The molecule has 1 saturated carbocycles. The molecule has 2 heteroatoms. The number of rotatable bonds is 4. The molecule has 1 aromatic rings. The molecular weight excluding hydrogens is 220 g/mol. The van der Waals surface area contributed by atoms with Gasteiger partial charge in [0.2, 0.25) is 0 Å². The van der Waals surface area contributed by atoms with Gasteiger partial charge >= 0.3 is 0 Å². The van der Waals surface area contributed by atoms with E-state index in [0.717, 1.165) is 18.4 Å². The standard InChI is InChI=1S/C16H24N2/c1-17-11-15-8-9-18(2)16(15)14-5-3-4-13(10-14)12-6-7-12/h3-5,10,12,15-17H,6-9,11H2,1-2H3. The Morgan fingerprint density at radius 3 is 2.72 bits per heavy atom. The molecule has 1 aliphatic heterocycles. The SMILES string of the molecule is CNCC1CCN(C)C1c1cccc(C2CC2)c1. The van der Waals surface area contributed by atoms with Gasteiger partial charge in [-0.2, -0.15) is 0 Å². The van der Waals surface area contributed by atoms with E-state index in [9.17, 15) is 0 Å². The van der Waals surface area contributed by atoms with Crippen LogP contribution in [0.15, 0.2) is 24.3 Å². The number of benzene rings is 1. The summed E-state index contributed by atoms with van der Waals surface area (Å²) in [6, 6.07) is 9.96. The molecule has 0 aromatic heterocycles. The fraction of sp³-hybridized carbons (Fsp3) is 0.625. The fourth-order valence-corrected chi connectivity index (χ4v) is 3.44. The van der Waals surface area contributed by atoms with Crippen molar-refractivity contribution in [2.45, 2.75) is 31.2 Å². The first-order valence-corrected chi connectivity index (χ1v) is 7.24. The Kier molecular flexibility index (Phi) is 3.40. The predicted molar refractivity (Wildman–Crippen MR) is 75.8 cm³/mol. The lowest BCUT2D eigenvalue weighted by Crippen LogP contribution is -2.26. The van der Waals surface area contributed by atoms with E-state index in [1.807, 2.05) is 0 Å². The van der Waals surface area contributed by atoms with E-state index in [1.54, 1.807) is 5.56 Å². The number of nitrogens with one attached hydrogen (secondary N) is 1. The van der Waals surface area contributed by atoms with Crippen LogP contribution >= 0.6 is 0 Å². The molecule has 1 aliphatic carbocycles. The first-order valence-electron chi connectivity index (χ1n) is 7.24. The maximum Gasteiger partial charge on any atom is 0.0385 e. The van der Waals surface area contributed by atoms with Gasteiger partial charge in [0.15, 0.2) is 0 Å². The Hall–Kier alpha value is -0.860. The van der Waals surface area contributed by atoms with Crippen LogP contribution in [0.2, 0.25) is 0 Å². The average molecular weight is 244 g/mol. The second-order valence-electron chi connectivity index (χ2n) is 5.98. The van der Waals surface area contributed by atoms with Crippen molar-refractivity contribution in [2.75, 3.05) is 27.2 Å². The minimum Gasteiger partial charge on any atom is -0.319 e. The summed E-state index contributed by atoms with van der Waals surface area (Å²) >= 11 is 0. The minimum atomic E-state index is 0.608. The molecule has 2 nitrogen and oxygen atoms in total. The molecular formula is C16H24N2. The van der Waals surface area contributed by atoms with Gasteiger partial charge in [0.25, 0.3) is 0 Å². The second-order valence-corrected chi connectivity index (χ2v) is 5.98. The van der Waals surface area contributed by atoms with Crippen molar-refractivity contribution in [3.8, 4) is 0 Å². The van der Waals surface area contributed by atoms with Crippen LogP contribution in [0.4, 0.5) is 0 Å². The van der Waals surface area contributed by atoms with Gasteiger partial charge in [-0.1, -0.05) is 24.3 Å². The van der Waals surface area contributed by atoms with Gasteiger partial charge in [-0.3, -0.25) is 4.90 Å². The van der Waals surface area contributed by atoms with E-state index in [4.69, 9.17) is 0 Å². The molecule has 3 rings (SSSR count). The number of likely N-dealkylation sites (tertiary alicyclic amines) is 1. The zero-order chi connectivity index (χ0) is 12.5. The van der Waals surface area contributed by atoms with Gasteiger partial charge < -0.3 is 5.32 Å². The van der Waals surface area contributed by atoms with Crippen LogP contribution in [0.1, 0.15) is 42.3 Å². The minimum absolute atomic E-state index is 0.608. The van der Waals surface area contributed by atoms with Gasteiger partial charge in [0.05, 0.1) is 0 Å². The van der Waals surface area contributed by atoms with E-state index < -0.39 is 0 Å². The van der Waals surface area contributed by atoms with Crippen molar-refractivity contribution < 1.29 is 0 Å². The van der Waals surface area contributed by atoms with Crippen molar-refractivity contribution >= 4 is 0 Å². The van der Waals surface area contributed by atoms with Gasteiger partial charge in [0, 0.05) is 6.04 Å². The largest absolute Gasteiger partial charge is 0.319 e. The van der Waals surface area contributed by atoms with Crippen LogP contribution in [-0.2, 0) is 0 Å². The lowest BCUT2D eigenvalue weighted by molar-refractivity contribution is 0.274. The Morgan fingerprint density at radius 1 is 1.22 bits per heavy atom. The molecule has 1 saturated heterocycles. The Labute approximate surface area is 110 Å². The lowest BCUT2D eigenvalue weighted by atomic mass is 9.92. The van der Waals surface area contributed by atoms with E-state index in [2.05, 4.69) is 48.6 Å². The fourth-order valence-electron chi connectivity index (χ4n) is 3.44. The third-order valence-electron chi connectivity index (χ3n) is 4.54. The first kappa shape index (κ1) is 12.2. The van der Waals surface area contributed by atoms with Crippen LogP contribution in [0, 0.1) is 5.92 Å². The van der Waals surface area contributed by atoms with Gasteiger partial charge in [-0.25, -0.2) is 0 Å². The molecule has 2 unspecified atom stereocenters. The summed E-state index contributed by atoms with van der Waals surface area (Å²) in [5.41, 5.74) is 3.09. The van der Waals surface area contributed by atoms with Crippen LogP contribution in [-0.4, -0.2) is 32.1 Å². The van der Waals surface area contributed by atoms with Crippen molar-refractivity contribution in [3.63, 3.8) is 0 Å². The quantitative estimate of drug-likeness (QED) is 0.876. The van der Waals surface area contributed by atoms with E-state index in [1.165, 1.54) is 31.4 Å². The number of hydrogen-bond acceptors (Lipinski definition) is 2. The second kappa shape index (κ2) is 5.02. The maximum atomic E-state index is 3.35. The zero-order valence-corrected chi connectivity index (χ0v) is 11.5. The molecule has 0 radical (unpaired) electrons. The third kappa shape index (κ3) is 2.32. The highest BCUT2D eigenvalue weighted by Crippen LogP contribution is 2.42. The van der Waals surface area contributed by atoms with Gasteiger partial charge in [-0.05, 0) is 69.4 Å².